The van der Waals surface area contributed by atoms with Crippen molar-refractivity contribution in [2.45, 2.75) is 84.0 Å². The summed E-state index contributed by atoms with van der Waals surface area (Å²) in [6, 6.07) is 6.01. The standard InChI is InChI=1S/C19H34N2/c1-2-3-4-5-6-7-8-9-10-11-12-14-17-20-19-16-13-15-18-21-19/h13,15-16,18H,2-12,14,17H2,1H3,(H,20,21). The lowest BCUT2D eigenvalue weighted by Crippen LogP contribution is -2.02. The molecule has 1 aromatic rings. The van der Waals surface area contributed by atoms with Gasteiger partial charge in [-0.15, -0.1) is 0 Å². The zero-order chi connectivity index (χ0) is 15.0. The van der Waals surface area contributed by atoms with Crippen LogP contribution in [-0.2, 0) is 0 Å². The summed E-state index contributed by atoms with van der Waals surface area (Å²) in [7, 11) is 0. The zero-order valence-corrected chi connectivity index (χ0v) is 13.9. The fourth-order valence-corrected chi connectivity index (χ4v) is 2.65. The first kappa shape index (κ1) is 18.0. The summed E-state index contributed by atoms with van der Waals surface area (Å²) in [5.41, 5.74) is 0. The van der Waals surface area contributed by atoms with Crippen LogP contribution in [0.15, 0.2) is 24.4 Å². The maximum atomic E-state index is 4.26. The molecule has 0 spiro atoms. The summed E-state index contributed by atoms with van der Waals surface area (Å²) in [6.07, 6.45) is 18.7. The number of nitrogens with zero attached hydrogens (tertiary/aromatic N) is 1. The molecule has 0 aromatic carbocycles. The largest absolute Gasteiger partial charge is 0.370 e. The Balaban J connectivity index is 1.75. The average Bonchev–Trinajstić information content (AvgIpc) is 2.53. The van der Waals surface area contributed by atoms with Crippen molar-refractivity contribution in [1.82, 2.24) is 4.98 Å². The number of anilines is 1. The number of nitrogens with one attached hydrogen (secondary N) is 1. The normalized spacial score (nSPS) is 10.7. The van der Waals surface area contributed by atoms with E-state index in [2.05, 4.69) is 17.2 Å². The first-order valence-corrected chi connectivity index (χ1v) is 9.08. The quantitative estimate of drug-likeness (QED) is 0.413. The molecule has 0 aliphatic heterocycles. The molecule has 0 aliphatic carbocycles. The number of hydrogen-bond acceptors (Lipinski definition) is 2. The monoisotopic (exact) mass is 290 g/mol. The molecular weight excluding hydrogens is 256 g/mol. The summed E-state index contributed by atoms with van der Waals surface area (Å²) in [5, 5.41) is 3.37. The summed E-state index contributed by atoms with van der Waals surface area (Å²) in [4.78, 5) is 4.26. The van der Waals surface area contributed by atoms with Gasteiger partial charge in [-0.3, -0.25) is 0 Å². The highest BCUT2D eigenvalue weighted by atomic mass is 15.0. The maximum Gasteiger partial charge on any atom is 0.125 e. The SMILES string of the molecule is CCCCCCCCCCCCCCNc1ccccn1. The molecule has 0 unspecified atom stereocenters. The highest BCUT2D eigenvalue weighted by Crippen LogP contribution is 2.12. The lowest BCUT2D eigenvalue weighted by molar-refractivity contribution is 0.546. The third kappa shape index (κ3) is 11.3. The Morgan fingerprint density at radius 3 is 1.86 bits per heavy atom. The lowest BCUT2D eigenvalue weighted by atomic mass is 10.1. The molecule has 1 N–H and O–H groups in total. The van der Waals surface area contributed by atoms with Crippen molar-refractivity contribution >= 4 is 5.82 Å². The number of rotatable bonds is 14. The Labute approximate surface area is 131 Å². The van der Waals surface area contributed by atoms with Crippen molar-refractivity contribution in [2.75, 3.05) is 11.9 Å². The predicted molar refractivity (Wildman–Crippen MR) is 93.8 cm³/mol. The van der Waals surface area contributed by atoms with Gasteiger partial charge in [0.25, 0.3) is 0 Å². The van der Waals surface area contributed by atoms with Gasteiger partial charge < -0.3 is 5.32 Å². The first-order chi connectivity index (χ1) is 10.4. The molecule has 21 heavy (non-hydrogen) atoms. The average molecular weight is 290 g/mol. The molecule has 0 bridgehead atoms. The van der Waals surface area contributed by atoms with Crippen LogP contribution in [0.25, 0.3) is 0 Å². The number of unbranched alkanes of at least 4 members (excludes halogenated alkanes) is 11. The van der Waals surface area contributed by atoms with E-state index in [1.165, 1.54) is 77.0 Å². The van der Waals surface area contributed by atoms with E-state index in [0.29, 0.717) is 0 Å². The van der Waals surface area contributed by atoms with Crippen molar-refractivity contribution < 1.29 is 0 Å². The van der Waals surface area contributed by atoms with Gasteiger partial charge in [-0.1, -0.05) is 83.6 Å². The minimum atomic E-state index is 1.00. The van der Waals surface area contributed by atoms with E-state index in [4.69, 9.17) is 0 Å². The van der Waals surface area contributed by atoms with Gasteiger partial charge in [-0.05, 0) is 18.6 Å². The van der Waals surface area contributed by atoms with Crippen LogP contribution in [0.5, 0.6) is 0 Å². The van der Waals surface area contributed by atoms with Crippen molar-refractivity contribution in [3.63, 3.8) is 0 Å². The summed E-state index contributed by atoms with van der Waals surface area (Å²) in [5.74, 6) is 1.00. The van der Waals surface area contributed by atoms with Gasteiger partial charge in [0.2, 0.25) is 0 Å². The van der Waals surface area contributed by atoms with Crippen molar-refractivity contribution in [2.24, 2.45) is 0 Å². The molecule has 120 valence electrons. The Morgan fingerprint density at radius 1 is 0.762 bits per heavy atom. The summed E-state index contributed by atoms with van der Waals surface area (Å²) in [6.45, 7) is 3.33. The Bertz CT molecular complexity index is 311. The third-order valence-corrected chi connectivity index (χ3v) is 4.00. The van der Waals surface area contributed by atoms with Crippen molar-refractivity contribution in [3.8, 4) is 0 Å². The molecule has 0 radical (unpaired) electrons. The molecule has 0 saturated heterocycles. The van der Waals surface area contributed by atoms with Gasteiger partial charge in [-0.25, -0.2) is 4.98 Å². The number of hydrogen-bond donors (Lipinski definition) is 1. The van der Waals surface area contributed by atoms with Crippen LogP contribution in [-0.4, -0.2) is 11.5 Å². The van der Waals surface area contributed by atoms with E-state index in [0.717, 1.165) is 12.4 Å². The van der Waals surface area contributed by atoms with E-state index in [9.17, 15) is 0 Å². The molecule has 0 aliphatic rings. The number of aromatic nitrogens is 1. The van der Waals surface area contributed by atoms with Gasteiger partial charge in [0.1, 0.15) is 5.82 Å². The molecule has 2 heteroatoms. The Hall–Kier alpha value is -1.05. The maximum absolute atomic E-state index is 4.26. The minimum absolute atomic E-state index is 1.00. The molecule has 1 aromatic heterocycles. The molecule has 2 nitrogen and oxygen atoms in total. The summed E-state index contributed by atoms with van der Waals surface area (Å²) < 4.78 is 0. The lowest BCUT2D eigenvalue weighted by Gasteiger charge is -2.05. The minimum Gasteiger partial charge on any atom is -0.370 e. The number of pyridine rings is 1. The third-order valence-electron chi connectivity index (χ3n) is 4.00. The van der Waals surface area contributed by atoms with Crippen LogP contribution >= 0.6 is 0 Å². The highest BCUT2D eigenvalue weighted by molar-refractivity contribution is 5.32. The van der Waals surface area contributed by atoms with Gasteiger partial charge in [-0.2, -0.15) is 0 Å². The Morgan fingerprint density at radius 2 is 1.33 bits per heavy atom. The van der Waals surface area contributed by atoms with Crippen LogP contribution in [0.4, 0.5) is 5.82 Å². The van der Waals surface area contributed by atoms with Gasteiger partial charge in [0.05, 0.1) is 0 Å². The second-order valence-corrected chi connectivity index (χ2v) is 6.03. The zero-order valence-electron chi connectivity index (χ0n) is 13.9. The van der Waals surface area contributed by atoms with Gasteiger partial charge >= 0.3 is 0 Å². The molecule has 0 saturated carbocycles. The fraction of sp³-hybridized carbons (Fsp3) is 0.737. The molecule has 0 atom stereocenters. The highest BCUT2D eigenvalue weighted by Gasteiger charge is 1.94. The van der Waals surface area contributed by atoms with Crippen LogP contribution in [0, 0.1) is 0 Å². The van der Waals surface area contributed by atoms with Gasteiger partial charge in [0.15, 0.2) is 0 Å². The van der Waals surface area contributed by atoms with Crippen LogP contribution in [0.1, 0.15) is 84.0 Å². The fourth-order valence-electron chi connectivity index (χ4n) is 2.65. The molecule has 1 heterocycles. The summed E-state index contributed by atoms with van der Waals surface area (Å²) >= 11 is 0. The molecule has 1 rings (SSSR count). The van der Waals surface area contributed by atoms with Crippen molar-refractivity contribution in [1.29, 1.82) is 0 Å². The van der Waals surface area contributed by atoms with E-state index in [1.54, 1.807) is 0 Å². The molecule has 0 amide bonds. The van der Waals surface area contributed by atoms with Crippen LogP contribution < -0.4 is 5.32 Å². The Kier molecular flexibility index (Phi) is 11.9. The van der Waals surface area contributed by atoms with Crippen LogP contribution in [0.3, 0.4) is 0 Å². The topological polar surface area (TPSA) is 24.9 Å². The van der Waals surface area contributed by atoms with E-state index < -0.39 is 0 Å². The van der Waals surface area contributed by atoms with E-state index in [1.807, 2.05) is 24.4 Å². The molecule has 0 fully saturated rings. The second kappa shape index (κ2) is 13.9. The van der Waals surface area contributed by atoms with Crippen LogP contribution in [0.2, 0.25) is 0 Å². The predicted octanol–water partition coefficient (Wildman–Crippen LogP) is 6.19. The first-order valence-electron chi connectivity index (χ1n) is 9.08. The smallest absolute Gasteiger partial charge is 0.125 e. The van der Waals surface area contributed by atoms with E-state index >= 15 is 0 Å². The van der Waals surface area contributed by atoms with E-state index in [-0.39, 0.29) is 0 Å². The second-order valence-electron chi connectivity index (χ2n) is 6.03. The van der Waals surface area contributed by atoms with Crippen molar-refractivity contribution in [3.05, 3.63) is 24.4 Å². The molecular formula is C19H34N2. The van der Waals surface area contributed by atoms with Gasteiger partial charge in [0, 0.05) is 12.7 Å².